The Morgan fingerprint density at radius 2 is 2.27 bits per heavy atom. The standard InChI is InChI=1S/C8H10ClNO/c1-11-5-6-2-3-7(9)4-8(6)10/h2-4H,5,10H2,1H3. The van der Waals surface area contributed by atoms with E-state index in [1.807, 2.05) is 6.07 Å². The first kappa shape index (κ1) is 8.37. The molecule has 0 saturated heterocycles. The summed E-state index contributed by atoms with van der Waals surface area (Å²) in [7, 11) is 1.63. The summed E-state index contributed by atoms with van der Waals surface area (Å²) < 4.78 is 4.93. The molecule has 0 radical (unpaired) electrons. The summed E-state index contributed by atoms with van der Waals surface area (Å²) >= 11 is 5.70. The van der Waals surface area contributed by atoms with Gasteiger partial charge in [-0.1, -0.05) is 17.7 Å². The highest BCUT2D eigenvalue weighted by molar-refractivity contribution is 6.30. The molecule has 0 amide bonds. The lowest BCUT2D eigenvalue weighted by Crippen LogP contribution is -1.95. The minimum atomic E-state index is 0.531. The van der Waals surface area contributed by atoms with Gasteiger partial charge in [0.25, 0.3) is 0 Å². The molecule has 0 heterocycles. The summed E-state index contributed by atoms with van der Waals surface area (Å²) in [5, 5.41) is 0.655. The van der Waals surface area contributed by atoms with Crippen molar-refractivity contribution in [2.75, 3.05) is 12.8 Å². The van der Waals surface area contributed by atoms with Crippen molar-refractivity contribution in [1.29, 1.82) is 0 Å². The number of halogens is 1. The summed E-state index contributed by atoms with van der Waals surface area (Å²) in [6.45, 7) is 0.531. The van der Waals surface area contributed by atoms with Crippen LogP contribution in [0.5, 0.6) is 0 Å². The summed E-state index contributed by atoms with van der Waals surface area (Å²) in [5.41, 5.74) is 7.29. The molecule has 0 aliphatic heterocycles. The van der Waals surface area contributed by atoms with Crippen LogP contribution in [-0.2, 0) is 11.3 Å². The van der Waals surface area contributed by atoms with Crippen molar-refractivity contribution in [1.82, 2.24) is 0 Å². The number of hydrogen-bond donors (Lipinski definition) is 1. The van der Waals surface area contributed by atoms with Crippen molar-refractivity contribution < 1.29 is 4.74 Å². The van der Waals surface area contributed by atoms with Crippen molar-refractivity contribution in [2.24, 2.45) is 0 Å². The third-order valence-electron chi connectivity index (χ3n) is 1.41. The monoisotopic (exact) mass is 171 g/mol. The molecule has 11 heavy (non-hydrogen) atoms. The lowest BCUT2D eigenvalue weighted by atomic mass is 10.2. The first-order valence-electron chi connectivity index (χ1n) is 3.27. The molecular weight excluding hydrogens is 162 g/mol. The second-order valence-electron chi connectivity index (χ2n) is 2.28. The lowest BCUT2D eigenvalue weighted by molar-refractivity contribution is 0.185. The number of anilines is 1. The van der Waals surface area contributed by atoms with Gasteiger partial charge in [0.15, 0.2) is 0 Å². The number of rotatable bonds is 2. The summed E-state index contributed by atoms with van der Waals surface area (Å²) in [4.78, 5) is 0. The molecule has 0 bridgehead atoms. The van der Waals surface area contributed by atoms with Crippen LogP contribution in [0.2, 0.25) is 5.02 Å². The minimum absolute atomic E-state index is 0.531. The van der Waals surface area contributed by atoms with Crippen LogP contribution in [-0.4, -0.2) is 7.11 Å². The topological polar surface area (TPSA) is 35.2 Å². The van der Waals surface area contributed by atoms with Crippen LogP contribution in [0, 0.1) is 0 Å². The highest BCUT2D eigenvalue weighted by Gasteiger charge is 1.97. The SMILES string of the molecule is COCc1ccc(Cl)cc1N. The van der Waals surface area contributed by atoms with Crippen LogP contribution in [0.3, 0.4) is 0 Å². The van der Waals surface area contributed by atoms with Gasteiger partial charge in [0.2, 0.25) is 0 Å². The average Bonchev–Trinajstić information content (AvgIpc) is 1.95. The maximum absolute atomic E-state index is 5.70. The van der Waals surface area contributed by atoms with Crippen molar-refractivity contribution in [2.45, 2.75) is 6.61 Å². The second-order valence-corrected chi connectivity index (χ2v) is 2.71. The highest BCUT2D eigenvalue weighted by atomic mass is 35.5. The Balaban J connectivity index is 2.90. The zero-order valence-corrected chi connectivity index (χ0v) is 7.06. The molecule has 60 valence electrons. The summed E-state index contributed by atoms with van der Waals surface area (Å²) in [6, 6.07) is 5.38. The molecular formula is C8H10ClNO. The Labute approximate surface area is 70.9 Å². The molecule has 2 nitrogen and oxygen atoms in total. The number of nitrogen functional groups attached to an aromatic ring is 1. The third-order valence-corrected chi connectivity index (χ3v) is 1.64. The quantitative estimate of drug-likeness (QED) is 0.692. The molecule has 1 rings (SSSR count). The molecule has 0 saturated carbocycles. The predicted octanol–water partition coefficient (Wildman–Crippen LogP) is 2.07. The van der Waals surface area contributed by atoms with E-state index in [1.54, 1.807) is 19.2 Å². The van der Waals surface area contributed by atoms with Crippen LogP contribution in [0.15, 0.2) is 18.2 Å². The van der Waals surface area contributed by atoms with Gasteiger partial charge in [0.1, 0.15) is 0 Å². The number of methoxy groups -OCH3 is 1. The van der Waals surface area contributed by atoms with Crippen molar-refractivity contribution in [3.05, 3.63) is 28.8 Å². The van der Waals surface area contributed by atoms with E-state index < -0.39 is 0 Å². The third kappa shape index (κ3) is 2.10. The van der Waals surface area contributed by atoms with Crippen LogP contribution in [0.25, 0.3) is 0 Å². The first-order chi connectivity index (χ1) is 5.24. The Morgan fingerprint density at radius 3 is 2.82 bits per heavy atom. The Morgan fingerprint density at radius 1 is 1.55 bits per heavy atom. The van der Waals surface area contributed by atoms with E-state index >= 15 is 0 Å². The number of hydrogen-bond acceptors (Lipinski definition) is 2. The molecule has 0 aliphatic rings. The van der Waals surface area contributed by atoms with Gasteiger partial charge in [0, 0.05) is 23.4 Å². The van der Waals surface area contributed by atoms with Crippen LogP contribution in [0.1, 0.15) is 5.56 Å². The second kappa shape index (κ2) is 3.60. The van der Waals surface area contributed by atoms with E-state index in [0.717, 1.165) is 5.56 Å². The van der Waals surface area contributed by atoms with Gasteiger partial charge in [-0.3, -0.25) is 0 Å². The predicted molar refractivity (Wildman–Crippen MR) is 46.6 cm³/mol. The van der Waals surface area contributed by atoms with E-state index in [1.165, 1.54) is 0 Å². The Kier molecular flexibility index (Phi) is 2.74. The molecule has 0 aliphatic carbocycles. The smallest absolute Gasteiger partial charge is 0.0733 e. The van der Waals surface area contributed by atoms with Gasteiger partial charge in [0.05, 0.1) is 6.61 Å². The van der Waals surface area contributed by atoms with Crippen LogP contribution >= 0.6 is 11.6 Å². The first-order valence-corrected chi connectivity index (χ1v) is 3.64. The van der Waals surface area contributed by atoms with Crippen molar-refractivity contribution in [3.8, 4) is 0 Å². The van der Waals surface area contributed by atoms with Gasteiger partial charge in [-0.2, -0.15) is 0 Å². The van der Waals surface area contributed by atoms with Crippen LogP contribution in [0.4, 0.5) is 5.69 Å². The molecule has 3 heteroatoms. The fourth-order valence-corrected chi connectivity index (χ4v) is 1.03. The zero-order valence-electron chi connectivity index (χ0n) is 6.30. The number of benzene rings is 1. The molecule has 0 unspecified atom stereocenters. The van der Waals surface area contributed by atoms with Gasteiger partial charge >= 0.3 is 0 Å². The van der Waals surface area contributed by atoms with E-state index in [-0.39, 0.29) is 0 Å². The summed E-state index contributed by atoms with van der Waals surface area (Å²) in [5.74, 6) is 0. The van der Waals surface area contributed by atoms with E-state index in [9.17, 15) is 0 Å². The molecule has 2 N–H and O–H groups in total. The fraction of sp³-hybridized carbons (Fsp3) is 0.250. The lowest BCUT2D eigenvalue weighted by Gasteiger charge is -2.03. The largest absolute Gasteiger partial charge is 0.398 e. The van der Waals surface area contributed by atoms with Crippen molar-refractivity contribution in [3.63, 3.8) is 0 Å². The molecule has 0 atom stereocenters. The van der Waals surface area contributed by atoms with Crippen LogP contribution < -0.4 is 5.73 Å². The molecule has 0 aromatic heterocycles. The number of ether oxygens (including phenoxy) is 1. The van der Waals surface area contributed by atoms with Gasteiger partial charge < -0.3 is 10.5 Å². The van der Waals surface area contributed by atoms with E-state index in [2.05, 4.69) is 0 Å². The van der Waals surface area contributed by atoms with Gasteiger partial charge in [-0.05, 0) is 12.1 Å². The number of nitrogens with two attached hydrogens (primary N) is 1. The molecule has 1 aromatic carbocycles. The zero-order chi connectivity index (χ0) is 8.27. The Hall–Kier alpha value is -0.730. The molecule has 1 aromatic rings. The fourth-order valence-electron chi connectivity index (χ4n) is 0.853. The normalized spacial score (nSPS) is 10.0. The molecule has 0 spiro atoms. The maximum Gasteiger partial charge on any atom is 0.0733 e. The van der Waals surface area contributed by atoms with Gasteiger partial charge in [-0.25, -0.2) is 0 Å². The highest BCUT2D eigenvalue weighted by Crippen LogP contribution is 2.18. The van der Waals surface area contributed by atoms with Gasteiger partial charge in [-0.15, -0.1) is 0 Å². The minimum Gasteiger partial charge on any atom is -0.398 e. The van der Waals surface area contributed by atoms with Crippen molar-refractivity contribution >= 4 is 17.3 Å². The van der Waals surface area contributed by atoms with E-state index in [4.69, 9.17) is 22.1 Å². The average molecular weight is 172 g/mol. The summed E-state index contributed by atoms with van der Waals surface area (Å²) in [6.07, 6.45) is 0. The maximum atomic E-state index is 5.70. The van der Waals surface area contributed by atoms with E-state index in [0.29, 0.717) is 17.3 Å². The Bertz CT molecular complexity index is 250. The molecule has 0 fully saturated rings.